The van der Waals surface area contributed by atoms with E-state index in [1.54, 1.807) is 7.11 Å². The van der Waals surface area contributed by atoms with Crippen LogP contribution >= 0.6 is 11.8 Å². The summed E-state index contributed by atoms with van der Waals surface area (Å²) in [6, 6.07) is 5.95. The Balaban J connectivity index is 2.07. The molecule has 0 spiro atoms. The third-order valence-corrected chi connectivity index (χ3v) is 5.51. The third-order valence-electron chi connectivity index (χ3n) is 4.09. The highest BCUT2D eigenvalue weighted by molar-refractivity contribution is 8.00. The van der Waals surface area contributed by atoms with E-state index in [-0.39, 0.29) is 5.78 Å². The van der Waals surface area contributed by atoms with Crippen molar-refractivity contribution < 1.29 is 9.53 Å². The molecule has 1 heterocycles. The fourth-order valence-corrected chi connectivity index (χ4v) is 4.51. The second kappa shape index (κ2) is 4.96. The molecular formula is C15H18O2S. The molecule has 18 heavy (non-hydrogen) atoms. The minimum atomic E-state index is 0.284. The first-order valence-corrected chi connectivity index (χ1v) is 7.67. The van der Waals surface area contributed by atoms with Crippen molar-refractivity contribution in [1.82, 2.24) is 0 Å². The van der Waals surface area contributed by atoms with Crippen LogP contribution in [0.1, 0.15) is 47.5 Å². The molecule has 0 unspecified atom stereocenters. The van der Waals surface area contributed by atoms with Crippen molar-refractivity contribution in [3.8, 4) is 5.75 Å². The number of rotatable bonds is 1. The van der Waals surface area contributed by atoms with Gasteiger partial charge >= 0.3 is 0 Å². The van der Waals surface area contributed by atoms with E-state index < -0.39 is 0 Å². The number of fused-ring (bicyclic) bond motifs is 3. The number of ether oxygens (including phenoxy) is 1. The maximum Gasteiger partial charge on any atom is 0.173 e. The smallest absolute Gasteiger partial charge is 0.173 e. The monoisotopic (exact) mass is 262 g/mol. The van der Waals surface area contributed by atoms with E-state index in [1.807, 2.05) is 23.9 Å². The SMILES string of the molecule is COc1ccc2c(c1)[C@H]1CCCC[C@@H]1SCC2=O. The van der Waals surface area contributed by atoms with Gasteiger partial charge in [0, 0.05) is 10.8 Å². The van der Waals surface area contributed by atoms with E-state index in [2.05, 4.69) is 6.07 Å². The second-order valence-corrected chi connectivity index (χ2v) is 6.34. The van der Waals surface area contributed by atoms with Crippen LogP contribution in [0, 0.1) is 0 Å². The van der Waals surface area contributed by atoms with Crippen molar-refractivity contribution >= 4 is 17.5 Å². The van der Waals surface area contributed by atoms with Gasteiger partial charge in [0.2, 0.25) is 0 Å². The average Bonchev–Trinajstić information content (AvgIpc) is 2.57. The molecule has 2 nitrogen and oxygen atoms in total. The van der Waals surface area contributed by atoms with E-state index >= 15 is 0 Å². The number of ketones is 1. The van der Waals surface area contributed by atoms with Gasteiger partial charge in [-0.3, -0.25) is 4.79 Å². The van der Waals surface area contributed by atoms with Gasteiger partial charge in [-0.2, -0.15) is 0 Å². The van der Waals surface area contributed by atoms with Crippen LogP contribution in [-0.4, -0.2) is 23.9 Å². The van der Waals surface area contributed by atoms with Crippen molar-refractivity contribution in [3.63, 3.8) is 0 Å². The molecule has 1 aromatic carbocycles. The van der Waals surface area contributed by atoms with E-state index in [1.165, 1.54) is 31.2 Å². The van der Waals surface area contributed by atoms with Crippen molar-refractivity contribution in [2.45, 2.75) is 36.9 Å². The molecule has 3 rings (SSSR count). The Labute approximate surface area is 112 Å². The van der Waals surface area contributed by atoms with Crippen LogP contribution in [-0.2, 0) is 0 Å². The molecule has 2 aliphatic rings. The van der Waals surface area contributed by atoms with Crippen LogP contribution in [0.25, 0.3) is 0 Å². The molecule has 1 aromatic rings. The fraction of sp³-hybridized carbons (Fsp3) is 0.533. The topological polar surface area (TPSA) is 26.3 Å². The van der Waals surface area contributed by atoms with Gasteiger partial charge < -0.3 is 4.74 Å². The molecule has 0 amide bonds. The standard InChI is InChI=1S/C15H18O2S/c1-17-10-6-7-11-13(8-10)12-4-2-3-5-15(12)18-9-14(11)16/h6-8,12,15H,2-5,9H2,1H3/t12-,15+/m1/s1. The van der Waals surface area contributed by atoms with Gasteiger partial charge in [0.05, 0.1) is 12.9 Å². The maximum absolute atomic E-state index is 12.2. The summed E-state index contributed by atoms with van der Waals surface area (Å²) in [5.74, 6) is 2.34. The van der Waals surface area contributed by atoms with Crippen LogP contribution < -0.4 is 4.74 Å². The van der Waals surface area contributed by atoms with Crippen LogP contribution in [0.4, 0.5) is 0 Å². The highest BCUT2D eigenvalue weighted by atomic mass is 32.2. The van der Waals surface area contributed by atoms with Gasteiger partial charge in [-0.25, -0.2) is 0 Å². The zero-order chi connectivity index (χ0) is 12.5. The van der Waals surface area contributed by atoms with Crippen molar-refractivity contribution in [1.29, 1.82) is 0 Å². The number of carbonyl (C=O) groups excluding carboxylic acids is 1. The van der Waals surface area contributed by atoms with Crippen LogP contribution in [0.15, 0.2) is 18.2 Å². The Bertz CT molecular complexity index is 470. The number of hydrogen-bond acceptors (Lipinski definition) is 3. The summed E-state index contributed by atoms with van der Waals surface area (Å²) in [5, 5.41) is 0.621. The summed E-state index contributed by atoms with van der Waals surface area (Å²) in [7, 11) is 1.69. The number of Topliss-reactive ketones (excluding diaryl/α,β-unsaturated/α-hetero) is 1. The first-order valence-electron chi connectivity index (χ1n) is 6.62. The van der Waals surface area contributed by atoms with E-state index in [0.29, 0.717) is 16.9 Å². The highest BCUT2D eigenvalue weighted by Crippen LogP contribution is 2.44. The zero-order valence-electron chi connectivity index (χ0n) is 10.6. The molecule has 0 aromatic heterocycles. The third kappa shape index (κ3) is 2.05. The molecule has 0 saturated heterocycles. The van der Waals surface area contributed by atoms with Crippen molar-refractivity contribution in [2.24, 2.45) is 0 Å². The molecule has 2 atom stereocenters. The van der Waals surface area contributed by atoms with Gasteiger partial charge in [-0.1, -0.05) is 12.8 Å². The summed E-state index contributed by atoms with van der Waals surface area (Å²) >= 11 is 1.86. The number of thioether (sulfide) groups is 1. The van der Waals surface area contributed by atoms with Gasteiger partial charge in [0.1, 0.15) is 5.75 Å². The lowest BCUT2D eigenvalue weighted by molar-refractivity contribution is 0.102. The first-order chi connectivity index (χ1) is 8.79. The van der Waals surface area contributed by atoms with Gasteiger partial charge in [0.15, 0.2) is 5.78 Å². The van der Waals surface area contributed by atoms with Gasteiger partial charge in [0.25, 0.3) is 0 Å². The average molecular weight is 262 g/mol. The summed E-state index contributed by atoms with van der Waals surface area (Å²) in [4.78, 5) is 12.2. The Hall–Kier alpha value is -0.960. The lowest BCUT2D eigenvalue weighted by Crippen LogP contribution is -2.19. The lowest BCUT2D eigenvalue weighted by atomic mass is 9.81. The van der Waals surface area contributed by atoms with Crippen LogP contribution in [0.3, 0.4) is 0 Å². The minimum absolute atomic E-state index is 0.284. The fourth-order valence-electron chi connectivity index (χ4n) is 3.14. The molecule has 96 valence electrons. The zero-order valence-corrected chi connectivity index (χ0v) is 11.5. The first kappa shape index (κ1) is 12.1. The van der Waals surface area contributed by atoms with E-state index in [4.69, 9.17) is 4.74 Å². The van der Waals surface area contributed by atoms with Gasteiger partial charge in [-0.15, -0.1) is 11.8 Å². The molecule has 1 fully saturated rings. The normalized spacial score (nSPS) is 27.1. The van der Waals surface area contributed by atoms with Gasteiger partial charge in [-0.05, 0) is 42.5 Å². The lowest BCUT2D eigenvalue weighted by Gasteiger charge is -2.30. The Kier molecular flexibility index (Phi) is 3.33. The van der Waals surface area contributed by atoms with E-state index in [9.17, 15) is 4.79 Å². The molecule has 0 radical (unpaired) electrons. The molecule has 1 aliphatic carbocycles. The summed E-state index contributed by atoms with van der Waals surface area (Å²) < 4.78 is 5.32. The van der Waals surface area contributed by atoms with E-state index in [0.717, 1.165) is 11.3 Å². The minimum Gasteiger partial charge on any atom is -0.497 e. The maximum atomic E-state index is 12.2. The van der Waals surface area contributed by atoms with Crippen molar-refractivity contribution in [2.75, 3.05) is 12.9 Å². The Morgan fingerprint density at radius 2 is 2.11 bits per heavy atom. The Morgan fingerprint density at radius 3 is 2.94 bits per heavy atom. The number of benzene rings is 1. The molecule has 3 heteroatoms. The predicted molar refractivity (Wildman–Crippen MR) is 74.8 cm³/mol. The summed E-state index contributed by atoms with van der Waals surface area (Å²) in [6.07, 6.45) is 5.05. The summed E-state index contributed by atoms with van der Waals surface area (Å²) in [6.45, 7) is 0. The second-order valence-electron chi connectivity index (χ2n) is 5.12. The molecule has 1 aliphatic heterocycles. The summed E-state index contributed by atoms with van der Waals surface area (Å²) in [5.41, 5.74) is 2.16. The van der Waals surface area contributed by atoms with Crippen molar-refractivity contribution in [3.05, 3.63) is 29.3 Å². The molecular weight excluding hydrogens is 244 g/mol. The highest BCUT2D eigenvalue weighted by Gasteiger charge is 2.33. The molecule has 1 saturated carbocycles. The molecule has 0 bridgehead atoms. The quantitative estimate of drug-likeness (QED) is 0.772. The predicted octanol–water partition coefficient (Wildman–Crippen LogP) is 3.65. The number of carbonyl (C=O) groups is 1. The number of hydrogen-bond donors (Lipinski definition) is 0. The van der Waals surface area contributed by atoms with Crippen LogP contribution in [0.2, 0.25) is 0 Å². The largest absolute Gasteiger partial charge is 0.497 e. The Morgan fingerprint density at radius 1 is 1.28 bits per heavy atom. The van der Waals surface area contributed by atoms with Crippen LogP contribution in [0.5, 0.6) is 5.75 Å². The molecule has 0 N–H and O–H groups in total. The number of methoxy groups -OCH3 is 1.